The van der Waals surface area contributed by atoms with Gasteiger partial charge in [-0.25, -0.2) is 0 Å². The number of hydrogen-bond acceptors (Lipinski definition) is 6. The molecule has 36 heavy (non-hydrogen) atoms. The number of nitrogens with one attached hydrogen (secondary N) is 2. The highest BCUT2D eigenvalue weighted by atomic mass is 79.9. The fourth-order valence-electron chi connectivity index (χ4n) is 3.41. The summed E-state index contributed by atoms with van der Waals surface area (Å²) in [7, 11) is 1.59. The van der Waals surface area contributed by atoms with Crippen LogP contribution in [-0.4, -0.2) is 39.4 Å². The van der Waals surface area contributed by atoms with Crippen LogP contribution in [0.2, 0.25) is 0 Å². The summed E-state index contributed by atoms with van der Waals surface area (Å²) >= 11 is 4.72. The standard InChI is InChI=1S/C26H24BrN5O3S/c1-17-4-3-5-18(14-17)25(34)28-15-23-30-31-26(32(23)21-10-6-19(27)7-11-21)36-16-24(33)29-20-8-12-22(35-2)13-9-20/h3-14H,15-16H2,1-2H3,(H,28,34)(H,29,33). The molecule has 0 saturated heterocycles. The normalized spacial score (nSPS) is 10.6. The Balaban J connectivity index is 1.48. The zero-order valence-corrected chi connectivity index (χ0v) is 22.1. The van der Waals surface area contributed by atoms with Crippen molar-refractivity contribution in [2.24, 2.45) is 0 Å². The summed E-state index contributed by atoms with van der Waals surface area (Å²) < 4.78 is 7.92. The van der Waals surface area contributed by atoms with Crippen LogP contribution in [0.1, 0.15) is 21.7 Å². The van der Waals surface area contributed by atoms with Crippen molar-refractivity contribution < 1.29 is 14.3 Å². The lowest BCUT2D eigenvalue weighted by molar-refractivity contribution is -0.113. The molecule has 10 heteroatoms. The molecule has 3 aromatic carbocycles. The van der Waals surface area contributed by atoms with E-state index in [2.05, 4.69) is 36.8 Å². The molecule has 4 rings (SSSR count). The van der Waals surface area contributed by atoms with Gasteiger partial charge in [0.05, 0.1) is 19.4 Å². The number of ether oxygens (including phenoxy) is 1. The Hall–Kier alpha value is -3.63. The number of aryl methyl sites for hydroxylation is 1. The molecule has 0 atom stereocenters. The van der Waals surface area contributed by atoms with Crippen LogP contribution in [0.3, 0.4) is 0 Å². The smallest absolute Gasteiger partial charge is 0.251 e. The third-order valence-corrected chi connectivity index (χ3v) is 6.64. The largest absolute Gasteiger partial charge is 0.497 e. The van der Waals surface area contributed by atoms with Crippen molar-refractivity contribution >= 4 is 45.2 Å². The number of carbonyl (C=O) groups is 2. The number of halogens is 1. The maximum atomic E-state index is 12.7. The van der Waals surface area contributed by atoms with E-state index >= 15 is 0 Å². The molecule has 0 fully saturated rings. The maximum absolute atomic E-state index is 12.7. The summed E-state index contributed by atoms with van der Waals surface area (Å²) in [6, 6.07) is 22.2. The molecule has 0 aliphatic heterocycles. The quantitative estimate of drug-likeness (QED) is 0.277. The number of amides is 2. The minimum atomic E-state index is -0.197. The topological polar surface area (TPSA) is 98.1 Å². The van der Waals surface area contributed by atoms with E-state index in [-0.39, 0.29) is 24.1 Å². The fraction of sp³-hybridized carbons (Fsp3) is 0.154. The number of aromatic nitrogens is 3. The van der Waals surface area contributed by atoms with Crippen molar-refractivity contribution in [3.8, 4) is 11.4 Å². The highest BCUT2D eigenvalue weighted by Crippen LogP contribution is 2.24. The van der Waals surface area contributed by atoms with Crippen molar-refractivity contribution in [3.63, 3.8) is 0 Å². The fourth-order valence-corrected chi connectivity index (χ4v) is 4.44. The van der Waals surface area contributed by atoms with Gasteiger partial charge in [0.25, 0.3) is 5.91 Å². The third-order valence-electron chi connectivity index (χ3n) is 5.18. The number of methoxy groups -OCH3 is 1. The second-order valence-electron chi connectivity index (χ2n) is 7.83. The van der Waals surface area contributed by atoms with Gasteiger partial charge in [0, 0.05) is 21.4 Å². The highest BCUT2D eigenvalue weighted by Gasteiger charge is 2.17. The predicted molar refractivity (Wildman–Crippen MR) is 144 cm³/mol. The van der Waals surface area contributed by atoms with Crippen LogP contribution in [0.25, 0.3) is 5.69 Å². The Labute approximate surface area is 221 Å². The molecule has 1 heterocycles. The molecular weight excluding hydrogens is 542 g/mol. The highest BCUT2D eigenvalue weighted by molar-refractivity contribution is 9.10. The van der Waals surface area contributed by atoms with E-state index in [0.717, 1.165) is 15.7 Å². The van der Waals surface area contributed by atoms with Crippen LogP contribution >= 0.6 is 27.7 Å². The lowest BCUT2D eigenvalue weighted by atomic mass is 10.1. The molecule has 0 spiro atoms. The zero-order valence-electron chi connectivity index (χ0n) is 19.7. The Morgan fingerprint density at radius 1 is 1.03 bits per heavy atom. The van der Waals surface area contributed by atoms with E-state index in [4.69, 9.17) is 4.74 Å². The number of thioether (sulfide) groups is 1. The van der Waals surface area contributed by atoms with Crippen molar-refractivity contribution in [1.29, 1.82) is 0 Å². The van der Waals surface area contributed by atoms with Crippen molar-refractivity contribution in [3.05, 3.63) is 94.2 Å². The SMILES string of the molecule is COc1ccc(NC(=O)CSc2nnc(CNC(=O)c3cccc(C)c3)n2-c2ccc(Br)cc2)cc1. The van der Waals surface area contributed by atoms with E-state index < -0.39 is 0 Å². The molecule has 0 bridgehead atoms. The molecule has 0 radical (unpaired) electrons. The van der Waals surface area contributed by atoms with Crippen LogP contribution in [0.4, 0.5) is 5.69 Å². The van der Waals surface area contributed by atoms with Crippen molar-refractivity contribution in [2.75, 3.05) is 18.2 Å². The van der Waals surface area contributed by atoms with Gasteiger partial charge in [-0.3, -0.25) is 14.2 Å². The van der Waals surface area contributed by atoms with Gasteiger partial charge in [-0.1, -0.05) is 45.4 Å². The van der Waals surface area contributed by atoms with Gasteiger partial charge in [-0.05, 0) is 67.6 Å². The minimum Gasteiger partial charge on any atom is -0.497 e. The molecular formula is C26H24BrN5O3S. The number of anilines is 1. The van der Waals surface area contributed by atoms with Gasteiger partial charge >= 0.3 is 0 Å². The molecule has 2 amide bonds. The first kappa shape index (κ1) is 25.5. The third kappa shape index (κ3) is 6.52. The van der Waals surface area contributed by atoms with E-state index in [1.54, 1.807) is 37.4 Å². The number of rotatable bonds is 9. The van der Waals surface area contributed by atoms with Gasteiger partial charge < -0.3 is 15.4 Å². The molecule has 0 aliphatic rings. The Morgan fingerprint density at radius 3 is 2.47 bits per heavy atom. The zero-order chi connectivity index (χ0) is 25.5. The van der Waals surface area contributed by atoms with E-state index in [0.29, 0.717) is 28.0 Å². The average molecular weight is 566 g/mol. The first-order chi connectivity index (χ1) is 17.4. The number of nitrogens with zero attached hydrogens (tertiary/aromatic N) is 3. The van der Waals surface area contributed by atoms with Crippen LogP contribution < -0.4 is 15.4 Å². The molecule has 4 aromatic rings. The van der Waals surface area contributed by atoms with Gasteiger partial charge in [-0.15, -0.1) is 10.2 Å². The van der Waals surface area contributed by atoms with Gasteiger partial charge in [0.15, 0.2) is 11.0 Å². The van der Waals surface area contributed by atoms with Gasteiger partial charge in [0.1, 0.15) is 5.75 Å². The first-order valence-electron chi connectivity index (χ1n) is 11.0. The summed E-state index contributed by atoms with van der Waals surface area (Å²) in [6.45, 7) is 2.11. The number of benzene rings is 3. The van der Waals surface area contributed by atoms with Crippen LogP contribution in [0, 0.1) is 6.92 Å². The van der Waals surface area contributed by atoms with E-state index in [1.807, 2.05) is 54.0 Å². The lowest BCUT2D eigenvalue weighted by Gasteiger charge is -2.11. The molecule has 1 aromatic heterocycles. The van der Waals surface area contributed by atoms with Crippen LogP contribution in [-0.2, 0) is 11.3 Å². The average Bonchev–Trinajstić information content (AvgIpc) is 3.29. The second kappa shape index (κ2) is 11.9. The summed E-state index contributed by atoms with van der Waals surface area (Å²) in [6.07, 6.45) is 0. The van der Waals surface area contributed by atoms with Crippen LogP contribution in [0.5, 0.6) is 5.75 Å². The predicted octanol–water partition coefficient (Wildman–Crippen LogP) is 5.01. The number of hydrogen-bond donors (Lipinski definition) is 2. The lowest BCUT2D eigenvalue weighted by Crippen LogP contribution is -2.24. The monoisotopic (exact) mass is 565 g/mol. The Kier molecular flexibility index (Phi) is 8.40. The maximum Gasteiger partial charge on any atom is 0.251 e. The summed E-state index contributed by atoms with van der Waals surface area (Å²) in [5, 5.41) is 14.9. The number of carbonyl (C=O) groups excluding carboxylic acids is 2. The van der Waals surface area contributed by atoms with Crippen molar-refractivity contribution in [1.82, 2.24) is 20.1 Å². The summed E-state index contributed by atoms with van der Waals surface area (Å²) in [5.74, 6) is 1.03. The Bertz CT molecular complexity index is 1360. The molecule has 0 unspecified atom stereocenters. The first-order valence-corrected chi connectivity index (χ1v) is 12.8. The van der Waals surface area contributed by atoms with E-state index in [1.165, 1.54) is 11.8 Å². The van der Waals surface area contributed by atoms with Crippen molar-refractivity contribution in [2.45, 2.75) is 18.6 Å². The van der Waals surface area contributed by atoms with Gasteiger partial charge in [0.2, 0.25) is 5.91 Å². The summed E-state index contributed by atoms with van der Waals surface area (Å²) in [4.78, 5) is 25.2. The molecule has 0 aliphatic carbocycles. The van der Waals surface area contributed by atoms with Gasteiger partial charge in [-0.2, -0.15) is 0 Å². The molecule has 2 N–H and O–H groups in total. The van der Waals surface area contributed by atoms with Crippen LogP contribution in [0.15, 0.2) is 82.4 Å². The Morgan fingerprint density at radius 2 is 1.78 bits per heavy atom. The second-order valence-corrected chi connectivity index (χ2v) is 9.69. The molecule has 184 valence electrons. The minimum absolute atomic E-state index is 0.135. The summed E-state index contributed by atoms with van der Waals surface area (Å²) in [5.41, 5.74) is 3.08. The molecule has 0 saturated carbocycles. The molecule has 8 nitrogen and oxygen atoms in total. The van der Waals surface area contributed by atoms with E-state index in [9.17, 15) is 9.59 Å².